The molecule has 4 nitrogen and oxygen atoms in total. The molecule has 9 heteroatoms. The molecule has 1 aromatic heterocycles. The molecule has 21 heavy (non-hydrogen) atoms. The van der Waals surface area contributed by atoms with Crippen LogP contribution in [-0.4, -0.2) is 34.8 Å². The highest BCUT2D eigenvalue weighted by molar-refractivity contribution is 7.10. The van der Waals surface area contributed by atoms with E-state index in [4.69, 9.17) is 11.6 Å². The summed E-state index contributed by atoms with van der Waals surface area (Å²) in [5, 5.41) is 8.89. The van der Waals surface area contributed by atoms with Gasteiger partial charge in [0.05, 0.1) is 11.8 Å². The highest BCUT2D eigenvalue weighted by atomic mass is 35.5. The van der Waals surface area contributed by atoms with Gasteiger partial charge in [-0.1, -0.05) is 6.07 Å². The number of nitrogens with zero attached hydrogens (tertiary/aromatic N) is 2. The van der Waals surface area contributed by atoms with E-state index in [-0.39, 0.29) is 5.88 Å². The number of amides is 1. The topological polar surface area (TPSA) is 44.7 Å². The summed E-state index contributed by atoms with van der Waals surface area (Å²) in [6.45, 7) is 0. The molecule has 2 atom stereocenters. The van der Waals surface area contributed by atoms with E-state index in [1.807, 2.05) is 0 Å². The zero-order valence-electron chi connectivity index (χ0n) is 10.4. The van der Waals surface area contributed by atoms with E-state index in [0.717, 1.165) is 11.1 Å². The van der Waals surface area contributed by atoms with Gasteiger partial charge in [0.25, 0.3) is 5.91 Å². The van der Waals surface area contributed by atoms with Crippen LogP contribution in [0.15, 0.2) is 34.4 Å². The summed E-state index contributed by atoms with van der Waals surface area (Å²) in [6.07, 6.45) is -4.33. The van der Waals surface area contributed by atoms with Gasteiger partial charge < -0.3 is 5.32 Å². The van der Waals surface area contributed by atoms with Crippen LogP contribution >= 0.6 is 22.9 Å². The van der Waals surface area contributed by atoms with Crippen molar-refractivity contribution >= 4 is 34.6 Å². The fourth-order valence-corrected chi connectivity index (χ4v) is 3.39. The van der Waals surface area contributed by atoms with Gasteiger partial charge in [0, 0.05) is 16.7 Å². The molecule has 3 heterocycles. The van der Waals surface area contributed by atoms with Crippen molar-refractivity contribution in [1.29, 1.82) is 0 Å². The number of hydrogen-bond acceptors (Lipinski definition) is 4. The number of nitrogens with one attached hydrogen (secondary N) is 1. The Kier molecular flexibility index (Phi) is 3.45. The smallest absolute Gasteiger partial charge is 0.365 e. The van der Waals surface area contributed by atoms with E-state index in [1.165, 1.54) is 11.3 Å². The van der Waals surface area contributed by atoms with Crippen LogP contribution in [0.1, 0.15) is 10.8 Å². The second-order valence-corrected chi connectivity index (χ2v) is 5.80. The Morgan fingerprint density at radius 3 is 2.81 bits per heavy atom. The lowest BCUT2D eigenvalue weighted by Gasteiger charge is -2.31. The highest BCUT2D eigenvalue weighted by Crippen LogP contribution is 2.40. The third-order valence-corrected chi connectivity index (χ3v) is 4.47. The van der Waals surface area contributed by atoms with E-state index in [9.17, 15) is 18.0 Å². The minimum Gasteiger partial charge on any atom is -0.365 e. The van der Waals surface area contributed by atoms with Crippen molar-refractivity contribution in [1.82, 2.24) is 10.3 Å². The number of fused-ring (bicyclic) bond motifs is 1. The molecule has 1 N–H and O–H groups in total. The van der Waals surface area contributed by atoms with Gasteiger partial charge in [0.2, 0.25) is 0 Å². The number of halogens is 4. The van der Waals surface area contributed by atoms with Crippen molar-refractivity contribution in [3.8, 4) is 0 Å². The molecule has 1 amide bonds. The fourth-order valence-electron chi connectivity index (χ4n) is 2.38. The Balaban J connectivity index is 2.05. The molecule has 0 fully saturated rings. The number of carbonyl (C=O) groups is 1. The predicted octanol–water partition coefficient (Wildman–Crippen LogP) is 2.64. The lowest BCUT2D eigenvalue weighted by molar-refractivity contribution is -0.129. The summed E-state index contributed by atoms with van der Waals surface area (Å²) in [6, 6.07) is 3.27. The summed E-state index contributed by atoms with van der Waals surface area (Å²) in [7, 11) is 0. The Morgan fingerprint density at radius 1 is 1.48 bits per heavy atom. The Labute approximate surface area is 126 Å². The molecule has 0 radical (unpaired) electrons. The Bertz CT molecular complexity index is 626. The predicted molar refractivity (Wildman–Crippen MR) is 73.1 cm³/mol. The van der Waals surface area contributed by atoms with Gasteiger partial charge in [0.1, 0.15) is 6.17 Å². The maximum atomic E-state index is 13.2. The SMILES string of the molecule is O=C1C=C(CCl)NC2C(c3cccs3)C(C(F)(F)F)=NN12. The number of hydrazone groups is 1. The standard InChI is InChI=1S/C12H9ClF3N3OS/c13-5-6-4-8(20)19-11(17-6)9(7-2-1-3-21-7)10(18-19)12(14,15)16/h1-4,9,11,17H,5H2. The zero-order valence-corrected chi connectivity index (χ0v) is 12.0. The van der Waals surface area contributed by atoms with Gasteiger partial charge >= 0.3 is 6.18 Å². The Hall–Kier alpha value is -1.54. The van der Waals surface area contributed by atoms with Crippen molar-refractivity contribution in [2.75, 3.05) is 5.88 Å². The van der Waals surface area contributed by atoms with Crippen molar-refractivity contribution < 1.29 is 18.0 Å². The van der Waals surface area contributed by atoms with Gasteiger partial charge in [-0.05, 0) is 11.4 Å². The normalized spacial score (nSPS) is 25.3. The summed E-state index contributed by atoms with van der Waals surface area (Å²) >= 11 is 6.87. The fraction of sp³-hybridized carbons (Fsp3) is 0.333. The summed E-state index contributed by atoms with van der Waals surface area (Å²) in [5.41, 5.74) is -0.580. The first-order valence-electron chi connectivity index (χ1n) is 5.97. The van der Waals surface area contributed by atoms with Gasteiger partial charge in [-0.2, -0.15) is 18.3 Å². The van der Waals surface area contributed by atoms with Crippen LogP contribution in [0.2, 0.25) is 0 Å². The van der Waals surface area contributed by atoms with Gasteiger partial charge in [-0.15, -0.1) is 22.9 Å². The first-order chi connectivity index (χ1) is 9.91. The maximum absolute atomic E-state index is 13.2. The van der Waals surface area contributed by atoms with Crippen LogP contribution in [0.5, 0.6) is 0 Å². The van der Waals surface area contributed by atoms with E-state index in [0.29, 0.717) is 10.6 Å². The third kappa shape index (κ3) is 2.42. The number of rotatable bonds is 2. The van der Waals surface area contributed by atoms with Crippen molar-refractivity contribution in [3.63, 3.8) is 0 Å². The second kappa shape index (κ2) is 5.03. The van der Waals surface area contributed by atoms with Crippen LogP contribution in [0.3, 0.4) is 0 Å². The minimum absolute atomic E-state index is 0.0224. The summed E-state index contributed by atoms with van der Waals surface area (Å²) < 4.78 is 39.6. The molecule has 0 bridgehead atoms. The molecule has 0 aliphatic carbocycles. The highest BCUT2D eigenvalue weighted by Gasteiger charge is 2.53. The van der Waals surface area contributed by atoms with Crippen LogP contribution in [0.4, 0.5) is 13.2 Å². The summed E-state index contributed by atoms with van der Waals surface area (Å²) in [4.78, 5) is 12.4. The molecule has 0 aromatic carbocycles. The number of alkyl halides is 4. The molecule has 0 saturated carbocycles. The monoisotopic (exact) mass is 335 g/mol. The quantitative estimate of drug-likeness (QED) is 0.844. The Morgan fingerprint density at radius 2 is 2.24 bits per heavy atom. The molecule has 0 saturated heterocycles. The molecule has 2 aliphatic heterocycles. The van der Waals surface area contributed by atoms with Gasteiger partial charge in [-0.3, -0.25) is 4.79 Å². The number of carbonyl (C=O) groups excluding carboxylic acids is 1. The number of thiophene rings is 1. The van der Waals surface area contributed by atoms with E-state index in [1.54, 1.807) is 17.5 Å². The lowest BCUT2D eigenvalue weighted by Crippen LogP contribution is -2.50. The van der Waals surface area contributed by atoms with E-state index in [2.05, 4.69) is 10.4 Å². The maximum Gasteiger partial charge on any atom is 0.432 e. The lowest BCUT2D eigenvalue weighted by atomic mass is 9.97. The van der Waals surface area contributed by atoms with Crippen LogP contribution in [0.25, 0.3) is 0 Å². The molecular weight excluding hydrogens is 327 g/mol. The van der Waals surface area contributed by atoms with Gasteiger partial charge in [0.15, 0.2) is 5.71 Å². The average molecular weight is 336 g/mol. The minimum atomic E-state index is -4.60. The second-order valence-electron chi connectivity index (χ2n) is 4.55. The summed E-state index contributed by atoms with van der Waals surface area (Å²) in [5.74, 6) is -1.63. The van der Waals surface area contributed by atoms with Crippen LogP contribution in [0, 0.1) is 0 Å². The van der Waals surface area contributed by atoms with Crippen molar-refractivity contribution in [2.24, 2.45) is 5.10 Å². The first kappa shape index (κ1) is 14.4. The molecule has 2 aliphatic rings. The van der Waals surface area contributed by atoms with E-state index >= 15 is 0 Å². The average Bonchev–Trinajstić information content (AvgIpc) is 3.03. The van der Waals surface area contributed by atoms with Crippen molar-refractivity contribution in [3.05, 3.63) is 34.2 Å². The molecular formula is C12H9ClF3N3OS. The largest absolute Gasteiger partial charge is 0.432 e. The van der Waals surface area contributed by atoms with E-state index < -0.39 is 29.9 Å². The van der Waals surface area contributed by atoms with Crippen molar-refractivity contribution in [2.45, 2.75) is 18.3 Å². The van der Waals surface area contributed by atoms with Gasteiger partial charge in [-0.25, -0.2) is 5.01 Å². The zero-order chi connectivity index (χ0) is 15.2. The first-order valence-corrected chi connectivity index (χ1v) is 7.38. The molecule has 0 spiro atoms. The molecule has 2 unspecified atom stereocenters. The molecule has 112 valence electrons. The van der Waals surface area contributed by atoms with Crippen LogP contribution in [-0.2, 0) is 4.79 Å². The third-order valence-electron chi connectivity index (χ3n) is 3.23. The number of allylic oxidation sites excluding steroid dienone is 1. The van der Waals surface area contributed by atoms with Crippen LogP contribution < -0.4 is 5.32 Å². The number of hydrogen-bond donors (Lipinski definition) is 1. The molecule has 3 rings (SSSR count). The molecule has 1 aromatic rings.